The summed E-state index contributed by atoms with van der Waals surface area (Å²) in [5, 5.41) is 0. The fraction of sp³-hybridized carbons (Fsp3) is 0.600. The molecule has 1 aromatic rings. The van der Waals surface area contributed by atoms with Crippen molar-refractivity contribution in [3.8, 4) is 0 Å². The number of nitrogens with zero attached hydrogens (tertiary/aromatic N) is 3. The Morgan fingerprint density at radius 1 is 1.25 bits per heavy atom. The first-order valence-electron chi connectivity index (χ1n) is 5.02. The maximum atomic E-state index is 12.9. The van der Waals surface area contributed by atoms with Crippen LogP contribution in [0.1, 0.15) is 0 Å². The monoisotopic (exact) mass is 227 g/mol. The molecule has 0 aromatic carbocycles. The van der Waals surface area contributed by atoms with Crippen molar-refractivity contribution in [1.29, 1.82) is 0 Å². The molecule has 0 saturated carbocycles. The zero-order valence-electron chi connectivity index (χ0n) is 9.26. The van der Waals surface area contributed by atoms with E-state index in [0.717, 1.165) is 0 Å². The second-order valence-corrected chi connectivity index (χ2v) is 3.65. The summed E-state index contributed by atoms with van der Waals surface area (Å²) in [6, 6.07) is 1.31. The molecule has 1 fully saturated rings. The van der Waals surface area contributed by atoms with E-state index in [1.807, 2.05) is 4.90 Å². The Kier molecular flexibility index (Phi) is 3.31. The molecular formula is C10H14FN3O2. The first-order valence-corrected chi connectivity index (χ1v) is 5.02. The van der Waals surface area contributed by atoms with Crippen molar-refractivity contribution in [2.24, 2.45) is 0 Å². The molecule has 1 aromatic heterocycles. The Bertz CT molecular complexity index is 352. The molecule has 0 amide bonds. The minimum Gasteiger partial charge on any atom is -0.377 e. The molecular weight excluding hydrogens is 213 g/mol. The highest BCUT2D eigenvalue weighted by atomic mass is 19.1. The normalized spacial score (nSPS) is 25.1. The fourth-order valence-electron chi connectivity index (χ4n) is 1.88. The molecule has 0 bridgehead atoms. The van der Waals surface area contributed by atoms with Gasteiger partial charge in [-0.3, -0.25) is 0 Å². The minimum atomic E-state index is -0.528. The Morgan fingerprint density at radius 3 is 2.38 bits per heavy atom. The van der Waals surface area contributed by atoms with Crippen LogP contribution >= 0.6 is 0 Å². The molecule has 2 heterocycles. The average molecular weight is 227 g/mol. The molecule has 16 heavy (non-hydrogen) atoms. The quantitative estimate of drug-likeness (QED) is 0.702. The molecule has 5 nitrogen and oxygen atoms in total. The number of methoxy groups -OCH3 is 2. The summed E-state index contributed by atoms with van der Waals surface area (Å²) in [6.07, 6.45) is 1.19. The molecule has 1 saturated heterocycles. The van der Waals surface area contributed by atoms with Gasteiger partial charge in [-0.25, -0.2) is 9.97 Å². The van der Waals surface area contributed by atoms with Crippen molar-refractivity contribution in [3.05, 3.63) is 18.3 Å². The van der Waals surface area contributed by atoms with Gasteiger partial charge in [0.05, 0.1) is 0 Å². The summed E-state index contributed by atoms with van der Waals surface area (Å²) >= 11 is 0. The lowest BCUT2D eigenvalue weighted by Gasteiger charge is -2.15. The molecule has 0 radical (unpaired) electrons. The van der Waals surface area contributed by atoms with Gasteiger partial charge in [-0.05, 0) is 0 Å². The van der Waals surface area contributed by atoms with E-state index in [2.05, 4.69) is 9.97 Å². The van der Waals surface area contributed by atoms with Gasteiger partial charge in [0.1, 0.15) is 24.4 Å². The van der Waals surface area contributed by atoms with Crippen LogP contribution in [0, 0.1) is 5.95 Å². The zero-order chi connectivity index (χ0) is 11.5. The van der Waals surface area contributed by atoms with Crippen molar-refractivity contribution >= 4 is 5.82 Å². The Labute approximate surface area is 93.2 Å². The molecule has 1 aliphatic heterocycles. The number of aromatic nitrogens is 2. The maximum Gasteiger partial charge on any atom is 0.218 e. The van der Waals surface area contributed by atoms with Crippen LogP contribution in [0.4, 0.5) is 10.2 Å². The van der Waals surface area contributed by atoms with E-state index in [4.69, 9.17) is 9.47 Å². The Balaban J connectivity index is 2.12. The van der Waals surface area contributed by atoms with Crippen LogP contribution in [0.3, 0.4) is 0 Å². The SMILES string of the molecule is COC1CN(c2cc(F)ncn2)CC1OC. The Morgan fingerprint density at radius 2 is 1.88 bits per heavy atom. The molecule has 2 rings (SSSR count). The van der Waals surface area contributed by atoms with Crippen LogP contribution in [0.2, 0.25) is 0 Å². The van der Waals surface area contributed by atoms with Gasteiger partial charge in [-0.1, -0.05) is 0 Å². The van der Waals surface area contributed by atoms with Crippen molar-refractivity contribution in [2.45, 2.75) is 12.2 Å². The topological polar surface area (TPSA) is 47.5 Å². The number of halogens is 1. The molecule has 0 N–H and O–H groups in total. The smallest absolute Gasteiger partial charge is 0.218 e. The summed E-state index contributed by atoms with van der Waals surface area (Å²) in [5.41, 5.74) is 0. The highest BCUT2D eigenvalue weighted by Crippen LogP contribution is 2.21. The maximum absolute atomic E-state index is 12.9. The third-order valence-electron chi connectivity index (χ3n) is 2.76. The molecule has 2 unspecified atom stereocenters. The number of anilines is 1. The summed E-state index contributed by atoms with van der Waals surface area (Å²) < 4.78 is 23.5. The highest BCUT2D eigenvalue weighted by Gasteiger charge is 2.33. The number of hydrogen-bond donors (Lipinski definition) is 0. The number of rotatable bonds is 3. The van der Waals surface area contributed by atoms with Gasteiger partial charge >= 0.3 is 0 Å². The van der Waals surface area contributed by atoms with E-state index in [0.29, 0.717) is 18.9 Å². The van der Waals surface area contributed by atoms with Gasteiger partial charge in [0.15, 0.2) is 0 Å². The van der Waals surface area contributed by atoms with Gasteiger partial charge in [0, 0.05) is 33.4 Å². The van der Waals surface area contributed by atoms with Crippen LogP contribution in [0.5, 0.6) is 0 Å². The van der Waals surface area contributed by atoms with Crippen LogP contribution in [0.25, 0.3) is 0 Å². The molecule has 0 aliphatic carbocycles. The molecule has 0 spiro atoms. The second-order valence-electron chi connectivity index (χ2n) is 3.65. The van der Waals surface area contributed by atoms with E-state index in [1.165, 1.54) is 12.4 Å². The summed E-state index contributed by atoms with van der Waals surface area (Å²) in [4.78, 5) is 9.37. The first kappa shape index (κ1) is 11.2. The van der Waals surface area contributed by atoms with Crippen molar-refractivity contribution in [2.75, 3.05) is 32.2 Å². The lowest BCUT2D eigenvalue weighted by Crippen LogP contribution is -2.27. The van der Waals surface area contributed by atoms with Gasteiger partial charge in [-0.15, -0.1) is 0 Å². The highest BCUT2D eigenvalue weighted by molar-refractivity contribution is 5.39. The van der Waals surface area contributed by atoms with E-state index < -0.39 is 5.95 Å². The van der Waals surface area contributed by atoms with Crippen molar-refractivity contribution in [1.82, 2.24) is 9.97 Å². The van der Waals surface area contributed by atoms with Gasteiger partial charge in [-0.2, -0.15) is 4.39 Å². The van der Waals surface area contributed by atoms with Crippen LogP contribution in [-0.2, 0) is 9.47 Å². The number of hydrogen-bond acceptors (Lipinski definition) is 5. The van der Waals surface area contributed by atoms with E-state index in [1.54, 1.807) is 14.2 Å². The Hall–Kier alpha value is -1.27. The minimum absolute atomic E-state index is 0.0111. The lowest BCUT2D eigenvalue weighted by molar-refractivity contribution is -0.00461. The van der Waals surface area contributed by atoms with Crippen LogP contribution in [0.15, 0.2) is 12.4 Å². The lowest BCUT2D eigenvalue weighted by atomic mass is 10.3. The molecule has 88 valence electrons. The third-order valence-corrected chi connectivity index (χ3v) is 2.76. The number of ether oxygens (including phenoxy) is 2. The van der Waals surface area contributed by atoms with E-state index >= 15 is 0 Å². The molecule has 2 atom stereocenters. The summed E-state index contributed by atoms with van der Waals surface area (Å²) in [7, 11) is 3.28. The van der Waals surface area contributed by atoms with Crippen LogP contribution < -0.4 is 4.90 Å². The zero-order valence-corrected chi connectivity index (χ0v) is 9.26. The van der Waals surface area contributed by atoms with E-state index in [9.17, 15) is 4.39 Å². The second kappa shape index (κ2) is 4.71. The standard InChI is InChI=1S/C10H14FN3O2/c1-15-7-4-14(5-8(7)16-2)10-3-9(11)12-6-13-10/h3,6-8H,4-5H2,1-2H3. The van der Waals surface area contributed by atoms with Crippen molar-refractivity contribution < 1.29 is 13.9 Å². The fourth-order valence-corrected chi connectivity index (χ4v) is 1.88. The predicted octanol–water partition coefficient (Wildman–Crippen LogP) is 0.466. The average Bonchev–Trinajstić information content (AvgIpc) is 2.72. The largest absolute Gasteiger partial charge is 0.377 e. The van der Waals surface area contributed by atoms with Crippen LogP contribution in [-0.4, -0.2) is 49.5 Å². The third kappa shape index (κ3) is 2.12. The summed E-state index contributed by atoms with van der Waals surface area (Å²) in [6.45, 7) is 1.29. The molecule has 6 heteroatoms. The van der Waals surface area contributed by atoms with Crippen molar-refractivity contribution in [3.63, 3.8) is 0 Å². The predicted molar refractivity (Wildman–Crippen MR) is 55.8 cm³/mol. The van der Waals surface area contributed by atoms with Gasteiger partial charge < -0.3 is 14.4 Å². The summed E-state index contributed by atoms with van der Waals surface area (Å²) in [5.74, 6) is 0.0360. The van der Waals surface area contributed by atoms with Gasteiger partial charge in [0.2, 0.25) is 5.95 Å². The first-order chi connectivity index (χ1) is 7.74. The van der Waals surface area contributed by atoms with Gasteiger partial charge in [0.25, 0.3) is 0 Å². The van der Waals surface area contributed by atoms with E-state index in [-0.39, 0.29) is 12.2 Å². The molecule has 1 aliphatic rings.